The lowest BCUT2D eigenvalue weighted by molar-refractivity contribution is 0.0943. The molecule has 26 heavy (non-hydrogen) atoms. The monoisotopic (exact) mass is 373 g/mol. The van der Waals surface area contributed by atoms with Gasteiger partial charge in [0.05, 0.1) is 18.8 Å². The Labute approximate surface area is 159 Å². The van der Waals surface area contributed by atoms with Gasteiger partial charge in [-0.3, -0.25) is 4.79 Å². The second-order valence-corrected chi connectivity index (χ2v) is 7.49. The first kappa shape index (κ1) is 18.7. The van der Waals surface area contributed by atoms with E-state index in [2.05, 4.69) is 29.0 Å². The zero-order chi connectivity index (χ0) is 18.6. The minimum Gasteiger partial charge on any atom is -0.378 e. The third-order valence-electron chi connectivity index (χ3n) is 4.64. The van der Waals surface area contributed by atoms with Gasteiger partial charge in [-0.25, -0.2) is 4.98 Å². The zero-order valence-electron chi connectivity index (χ0n) is 15.2. The number of hydrogen-bond acceptors (Lipinski definition) is 4. The average molecular weight is 374 g/mol. The van der Waals surface area contributed by atoms with E-state index in [0.717, 1.165) is 18.7 Å². The van der Waals surface area contributed by atoms with E-state index in [1.165, 1.54) is 0 Å². The molecule has 0 unspecified atom stereocenters. The normalized spacial score (nSPS) is 15.0. The lowest BCUT2D eigenvalue weighted by Gasteiger charge is -2.30. The molecule has 2 heterocycles. The van der Waals surface area contributed by atoms with Crippen LogP contribution in [0.1, 0.15) is 29.8 Å². The van der Waals surface area contributed by atoms with Crippen molar-refractivity contribution in [3.63, 3.8) is 0 Å². The quantitative estimate of drug-likeness (QED) is 0.873. The highest BCUT2D eigenvalue weighted by atomic mass is 35.5. The first-order chi connectivity index (χ1) is 12.5. The number of amides is 1. The predicted octanol–water partition coefficient (Wildman–Crippen LogP) is 3.28. The van der Waals surface area contributed by atoms with Gasteiger partial charge in [0.15, 0.2) is 0 Å². The van der Waals surface area contributed by atoms with Crippen LogP contribution in [0.4, 0.5) is 5.82 Å². The van der Waals surface area contributed by atoms with Gasteiger partial charge in [0.2, 0.25) is 0 Å². The standard InChI is InChI=1S/C20H24ClN3O2/c1-20(2,15-5-3-6-16(21)13-15)14-23-19(25)17-7-4-8-22-18(17)24-9-11-26-12-10-24/h3-8,13H,9-12,14H2,1-2H3,(H,23,25). The number of carbonyl (C=O) groups excluding carboxylic acids is 1. The number of ether oxygens (including phenoxy) is 1. The molecular formula is C20H24ClN3O2. The first-order valence-corrected chi connectivity index (χ1v) is 9.17. The van der Waals surface area contributed by atoms with E-state index < -0.39 is 0 Å². The van der Waals surface area contributed by atoms with Crippen LogP contribution in [-0.2, 0) is 10.2 Å². The molecule has 0 saturated carbocycles. The largest absolute Gasteiger partial charge is 0.378 e. The maximum Gasteiger partial charge on any atom is 0.255 e. The smallest absolute Gasteiger partial charge is 0.255 e. The number of pyridine rings is 1. The molecule has 1 saturated heterocycles. The van der Waals surface area contributed by atoms with E-state index in [-0.39, 0.29) is 11.3 Å². The number of halogens is 1. The molecule has 138 valence electrons. The van der Waals surface area contributed by atoms with Crippen LogP contribution in [0.25, 0.3) is 0 Å². The highest BCUT2D eigenvalue weighted by Gasteiger charge is 2.24. The predicted molar refractivity (Wildman–Crippen MR) is 104 cm³/mol. The molecule has 0 bridgehead atoms. The molecule has 1 N–H and O–H groups in total. The topological polar surface area (TPSA) is 54.5 Å². The number of nitrogens with zero attached hydrogens (tertiary/aromatic N) is 2. The van der Waals surface area contributed by atoms with E-state index in [0.29, 0.717) is 36.2 Å². The summed E-state index contributed by atoms with van der Waals surface area (Å²) in [4.78, 5) is 19.3. The Morgan fingerprint density at radius 1 is 1.27 bits per heavy atom. The van der Waals surface area contributed by atoms with E-state index >= 15 is 0 Å². The molecule has 1 amide bonds. The number of morpholine rings is 1. The van der Waals surface area contributed by atoms with Gasteiger partial charge in [-0.05, 0) is 29.8 Å². The molecule has 3 rings (SSSR count). The number of carbonyl (C=O) groups is 1. The third kappa shape index (κ3) is 4.34. The van der Waals surface area contributed by atoms with E-state index in [1.807, 2.05) is 30.3 Å². The lowest BCUT2D eigenvalue weighted by atomic mass is 9.84. The first-order valence-electron chi connectivity index (χ1n) is 8.79. The zero-order valence-corrected chi connectivity index (χ0v) is 15.9. The minimum atomic E-state index is -0.234. The van der Waals surface area contributed by atoms with Gasteiger partial charge >= 0.3 is 0 Å². The molecule has 1 aromatic heterocycles. The summed E-state index contributed by atoms with van der Waals surface area (Å²) < 4.78 is 5.39. The van der Waals surface area contributed by atoms with Crippen molar-refractivity contribution < 1.29 is 9.53 Å². The van der Waals surface area contributed by atoms with E-state index in [1.54, 1.807) is 12.3 Å². The van der Waals surface area contributed by atoms with Crippen molar-refractivity contribution >= 4 is 23.3 Å². The number of hydrogen-bond donors (Lipinski definition) is 1. The fraction of sp³-hybridized carbons (Fsp3) is 0.400. The van der Waals surface area contributed by atoms with Gasteiger partial charge < -0.3 is 15.0 Å². The van der Waals surface area contributed by atoms with Crippen molar-refractivity contribution in [1.29, 1.82) is 0 Å². The van der Waals surface area contributed by atoms with Crippen molar-refractivity contribution in [1.82, 2.24) is 10.3 Å². The Morgan fingerprint density at radius 3 is 2.77 bits per heavy atom. The summed E-state index contributed by atoms with van der Waals surface area (Å²) >= 11 is 6.10. The summed E-state index contributed by atoms with van der Waals surface area (Å²) in [5.41, 5.74) is 1.45. The van der Waals surface area contributed by atoms with Gasteiger partial charge in [-0.1, -0.05) is 37.6 Å². The van der Waals surface area contributed by atoms with Crippen LogP contribution in [0.5, 0.6) is 0 Å². The fourth-order valence-electron chi connectivity index (χ4n) is 3.01. The summed E-state index contributed by atoms with van der Waals surface area (Å²) in [7, 11) is 0. The highest BCUT2D eigenvalue weighted by Crippen LogP contribution is 2.25. The van der Waals surface area contributed by atoms with Crippen molar-refractivity contribution in [2.45, 2.75) is 19.3 Å². The van der Waals surface area contributed by atoms with Crippen LogP contribution in [0.3, 0.4) is 0 Å². The van der Waals surface area contributed by atoms with Crippen molar-refractivity contribution in [3.05, 3.63) is 58.7 Å². The number of anilines is 1. The number of aromatic nitrogens is 1. The Kier molecular flexibility index (Phi) is 5.79. The molecule has 0 spiro atoms. The molecule has 0 atom stereocenters. The molecule has 0 aliphatic carbocycles. The molecule has 1 aliphatic rings. The van der Waals surface area contributed by atoms with Crippen LogP contribution >= 0.6 is 11.6 Å². The molecule has 2 aromatic rings. The summed E-state index contributed by atoms with van der Waals surface area (Å²) in [6.45, 7) is 7.47. The third-order valence-corrected chi connectivity index (χ3v) is 4.87. The molecule has 1 aliphatic heterocycles. The van der Waals surface area contributed by atoms with Gasteiger partial charge in [-0.15, -0.1) is 0 Å². The van der Waals surface area contributed by atoms with Gasteiger partial charge in [-0.2, -0.15) is 0 Å². The van der Waals surface area contributed by atoms with Crippen molar-refractivity contribution in [2.24, 2.45) is 0 Å². The lowest BCUT2D eigenvalue weighted by Crippen LogP contribution is -2.40. The van der Waals surface area contributed by atoms with Crippen molar-refractivity contribution in [2.75, 3.05) is 37.7 Å². The Bertz CT molecular complexity index is 773. The van der Waals surface area contributed by atoms with Crippen LogP contribution in [0.15, 0.2) is 42.6 Å². The van der Waals surface area contributed by atoms with Gasteiger partial charge in [0.25, 0.3) is 5.91 Å². The molecule has 1 aromatic carbocycles. The maximum atomic E-state index is 12.8. The van der Waals surface area contributed by atoms with Gasteiger partial charge in [0.1, 0.15) is 5.82 Å². The fourth-order valence-corrected chi connectivity index (χ4v) is 3.20. The number of benzene rings is 1. The second kappa shape index (κ2) is 8.06. The molecular weight excluding hydrogens is 350 g/mol. The SMILES string of the molecule is CC(C)(CNC(=O)c1cccnc1N1CCOCC1)c1cccc(Cl)c1. The number of rotatable bonds is 5. The van der Waals surface area contributed by atoms with E-state index in [4.69, 9.17) is 16.3 Å². The Balaban J connectivity index is 1.72. The molecule has 6 heteroatoms. The second-order valence-electron chi connectivity index (χ2n) is 7.05. The molecule has 1 fully saturated rings. The summed E-state index contributed by atoms with van der Waals surface area (Å²) in [6, 6.07) is 11.4. The van der Waals surface area contributed by atoms with E-state index in [9.17, 15) is 4.79 Å². The Morgan fingerprint density at radius 2 is 2.04 bits per heavy atom. The van der Waals surface area contributed by atoms with Crippen LogP contribution in [-0.4, -0.2) is 43.7 Å². The summed E-state index contributed by atoms with van der Waals surface area (Å²) in [5.74, 6) is 0.601. The Hall–Kier alpha value is -2.11. The van der Waals surface area contributed by atoms with Gasteiger partial charge in [0, 0.05) is 36.3 Å². The summed E-state index contributed by atoms with van der Waals surface area (Å²) in [5, 5.41) is 3.75. The van der Waals surface area contributed by atoms with Crippen molar-refractivity contribution in [3.8, 4) is 0 Å². The molecule has 5 nitrogen and oxygen atoms in total. The average Bonchev–Trinajstić information content (AvgIpc) is 2.67. The maximum absolute atomic E-state index is 12.8. The molecule has 0 radical (unpaired) electrons. The van der Waals surface area contributed by atoms with Crippen LogP contribution in [0, 0.1) is 0 Å². The van der Waals surface area contributed by atoms with Crippen LogP contribution in [0.2, 0.25) is 5.02 Å². The van der Waals surface area contributed by atoms with Crippen LogP contribution < -0.4 is 10.2 Å². The summed E-state index contributed by atoms with van der Waals surface area (Å²) in [6.07, 6.45) is 1.72. The minimum absolute atomic E-state index is 0.116. The number of nitrogens with one attached hydrogen (secondary N) is 1. The highest BCUT2D eigenvalue weighted by molar-refractivity contribution is 6.30.